The number of aryl methyl sites for hydroxylation is 1. The van der Waals surface area contributed by atoms with E-state index in [0.717, 1.165) is 0 Å². The second-order valence-electron chi connectivity index (χ2n) is 9.64. The number of benzene rings is 1. The first-order chi connectivity index (χ1) is 16.4. The minimum atomic E-state index is -4.03. The molecule has 1 aromatic heterocycles. The van der Waals surface area contributed by atoms with Crippen LogP contribution in [0.1, 0.15) is 44.2 Å². The molecule has 1 saturated carbocycles. The van der Waals surface area contributed by atoms with Gasteiger partial charge in [-0.2, -0.15) is 0 Å². The Hall–Kier alpha value is -2.47. The lowest BCUT2D eigenvalue weighted by atomic mass is 10.2. The molecule has 3 rings (SSSR count). The van der Waals surface area contributed by atoms with E-state index in [1.165, 1.54) is 29.8 Å². The number of aliphatic hydroxyl groups is 2. The summed E-state index contributed by atoms with van der Waals surface area (Å²) in [4.78, 5) is 13.0. The lowest BCUT2D eigenvalue weighted by molar-refractivity contribution is 0.0858. The molecule has 35 heavy (non-hydrogen) atoms. The van der Waals surface area contributed by atoms with Gasteiger partial charge in [0.05, 0.1) is 35.4 Å². The Morgan fingerprint density at radius 2 is 1.91 bits per heavy atom. The van der Waals surface area contributed by atoms with Gasteiger partial charge in [0.1, 0.15) is 11.6 Å². The van der Waals surface area contributed by atoms with E-state index in [4.69, 9.17) is 4.74 Å². The smallest absolute Gasteiger partial charge is 0.257 e. The van der Waals surface area contributed by atoms with Crippen LogP contribution in [0, 0.1) is 18.7 Å². The van der Waals surface area contributed by atoms with E-state index in [0.29, 0.717) is 25.0 Å². The van der Waals surface area contributed by atoms with Crippen LogP contribution in [0.15, 0.2) is 29.1 Å². The molecule has 1 atom stereocenters. The first-order valence-corrected chi connectivity index (χ1v) is 13.0. The van der Waals surface area contributed by atoms with Crippen LogP contribution < -0.4 is 15.6 Å². The molecule has 1 unspecified atom stereocenters. The van der Waals surface area contributed by atoms with Crippen LogP contribution in [0.25, 0.3) is 0 Å². The number of nitrogens with one attached hydrogen (secondary N) is 2. The quantitative estimate of drug-likeness (QED) is 0.345. The summed E-state index contributed by atoms with van der Waals surface area (Å²) in [6.45, 7) is 5.53. The fourth-order valence-corrected chi connectivity index (χ4v) is 5.57. The van der Waals surface area contributed by atoms with Gasteiger partial charge in [-0.05, 0) is 55.9 Å². The third-order valence-corrected chi connectivity index (χ3v) is 8.22. The second-order valence-corrected chi connectivity index (χ2v) is 11.7. The minimum absolute atomic E-state index is 0.0207. The van der Waals surface area contributed by atoms with E-state index in [1.54, 1.807) is 13.0 Å². The monoisotopic (exact) mass is 511 g/mol. The fourth-order valence-electron chi connectivity index (χ4n) is 3.86. The molecule has 0 amide bonds. The first kappa shape index (κ1) is 27.1. The van der Waals surface area contributed by atoms with Gasteiger partial charge in [-0.1, -0.05) is 19.9 Å². The molecule has 1 heterocycles. The summed E-state index contributed by atoms with van der Waals surface area (Å²) in [5.74, 6) is -0.247. The maximum absolute atomic E-state index is 14.6. The van der Waals surface area contributed by atoms with Gasteiger partial charge in [-0.15, -0.1) is 0 Å². The number of hydrogen-bond donors (Lipinski definition) is 4. The van der Waals surface area contributed by atoms with Crippen molar-refractivity contribution in [2.24, 2.45) is 13.0 Å². The molecule has 194 valence electrons. The van der Waals surface area contributed by atoms with Gasteiger partial charge in [0.25, 0.3) is 5.56 Å². The topological polar surface area (TPSA) is 130 Å². The van der Waals surface area contributed by atoms with Crippen LogP contribution >= 0.6 is 0 Å². The summed E-state index contributed by atoms with van der Waals surface area (Å²) in [6.07, 6.45) is -0.645. The highest BCUT2D eigenvalue weighted by atomic mass is 32.2. The number of sulfonamides is 1. The Balaban J connectivity index is 2.03. The molecule has 1 aromatic carbocycles. The molecular formula is C24H34FN3O6S. The van der Waals surface area contributed by atoms with E-state index in [9.17, 15) is 27.8 Å². The third kappa shape index (κ3) is 6.21. The molecule has 9 nitrogen and oxygen atoms in total. The average Bonchev–Trinajstić information content (AvgIpc) is 3.56. The van der Waals surface area contributed by atoms with Gasteiger partial charge in [-0.3, -0.25) is 14.1 Å². The van der Waals surface area contributed by atoms with Crippen LogP contribution in [0.5, 0.6) is 0 Å². The van der Waals surface area contributed by atoms with E-state index in [2.05, 4.69) is 10.0 Å². The fraction of sp³-hybridized carbons (Fsp3) is 0.542. The van der Waals surface area contributed by atoms with Crippen LogP contribution in [0.4, 0.5) is 21.6 Å². The molecule has 0 spiro atoms. The Morgan fingerprint density at radius 1 is 1.23 bits per heavy atom. The summed E-state index contributed by atoms with van der Waals surface area (Å²) in [6, 6.07) is 5.92. The molecule has 1 fully saturated rings. The maximum atomic E-state index is 14.6. The predicted molar refractivity (Wildman–Crippen MR) is 133 cm³/mol. The molecule has 0 radical (unpaired) electrons. The van der Waals surface area contributed by atoms with Crippen molar-refractivity contribution in [3.05, 3.63) is 51.6 Å². The van der Waals surface area contributed by atoms with Crippen LogP contribution in [0.2, 0.25) is 0 Å². The highest BCUT2D eigenvalue weighted by Crippen LogP contribution is 2.48. The van der Waals surface area contributed by atoms with Crippen molar-refractivity contribution in [1.29, 1.82) is 0 Å². The lowest BCUT2D eigenvalue weighted by Gasteiger charge is -2.23. The summed E-state index contributed by atoms with van der Waals surface area (Å²) in [5, 5.41) is 21.9. The number of anilines is 3. The predicted octanol–water partition coefficient (Wildman–Crippen LogP) is 2.77. The molecular weight excluding hydrogens is 477 g/mol. The maximum Gasteiger partial charge on any atom is 0.257 e. The zero-order valence-electron chi connectivity index (χ0n) is 20.5. The average molecular weight is 512 g/mol. The standard InChI is InChI=1S/C24H34FN3O6S/c1-15(2)13-34-14-17-10-21(27-35(32,33)24(7-8-24)11-18(30)12-29)22(28(4)23(17)31)26-20-6-5-16(3)9-19(20)25/h5-6,9-10,15,18,26-27,29-30H,7-8,11-14H2,1-4H3. The minimum Gasteiger partial charge on any atom is -0.394 e. The number of pyridine rings is 1. The van der Waals surface area contributed by atoms with Crippen molar-refractivity contribution < 1.29 is 27.8 Å². The van der Waals surface area contributed by atoms with Crippen molar-refractivity contribution in [2.75, 3.05) is 23.3 Å². The Bertz CT molecular complexity index is 1220. The number of rotatable bonds is 12. The molecule has 0 saturated heterocycles. The van der Waals surface area contributed by atoms with Gasteiger partial charge in [-0.25, -0.2) is 12.8 Å². The second kappa shape index (κ2) is 10.7. The molecule has 4 N–H and O–H groups in total. The van der Waals surface area contributed by atoms with Crippen molar-refractivity contribution in [1.82, 2.24) is 4.57 Å². The highest BCUT2D eigenvalue weighted by Gasteiger charge is 2.55. The number of aliphatic hydroxyl groups excluding tert-OH is 2. The lowest BCUT2D eigenvalue weighted by Crippen LogP contribution is -2.35. The Kier molecular flexibility index (Phi) is 8.25. The normalized spacial score (nSPS) is 15.8. The van der Waals surface area contributed by atoms with Crippen molar-refractivity contribution in [3.63, 3.8) is 0 Å². The van der Waals surface area contributed by atoms with Crippen LogP contribution in [0.3, 0.4) is 0 Å². The summed E-state index contributed by atoms with van der Waals surface area (Å²) >= 11 is 0. The van der Waals surface area contributed by atoms with Gasteiger partial charge in [0.15, 0.2) is 0 Å². The van der Waals surface area contributed by atoms with Crippen molar-refractivity contribution in [2.45, 2.75) is 57.5 Å². The van der Waals surface area contributed by atoms with E-state index < -0.39 is 38.9 Å². The first-order valence-electron chi connectivity index (χ1n) is 11.5. The zero-order chi connectivity index (χ0) is 26.0. The number of hydrogen-bond acceptors (Lipinski definition) is 7. The summed E-state index contributed by atoms with van der Waals surface area (Å²) in [5.41, 5.74) is 0.662. The van der Waals surface area contributed by atoms with Crippen molar-refractivity contribution in [3.8, 4) is 0 Å². The molecule has 0 aliphatic heterocycles. The Labute approximate surface area is 205 Å². The SMILES string of the molecule is Cc1ccc(Nc2c(NS(=O)(=O)C3(CC(O)CO)CC3)cc(COCC(C)C)c(=O)n2C)c(F)c1. The van der Waals surface area contributed by atoms with Crippen LogP contribution in [-0.2, 0) is 28.4 Å². The number of nitrogens with zero attached hydrogens (tertiary/aromatic N) is 1. The van der Waals surface area contributed by atoms with Crippen LogP contribution in [-0.4, -0.2) is 47.3 Å². The van der Waals surface area contributed by atoms with E-state index >= 15 is 0 Å². The van der Waals surface area contributed by atoms with Gasteiger partial charge < -0.3 is 20.3 Å². The molecule has 2 aromatic rings. The number of halogens is 1. The highest BCUT2D eigenvalue weighted by molar-refractivity contribution is 7.94. The number of aromatic nitrogens is 1. The molecule has 1 aliphatic carbocycles. The van der Waals surface area contributed by atoms with Gasteiger partial charge >= 0.3 is 0 Å². The van der Waals surface area contributed by atoms with Crippen molar-refractivity contribution >= 4 is 27.2 Å². The largest absolute Gasteiger partial charge is 0.394 e. The van der Waals surface area contributed by atoms with Gasteiger partial charge in [0, 0.05) is 19.2 Å². The van der Waals surface area contributed by atoms with E-state index in [-0.39, 0.29) is 41.7 Å². The zero-order valence-corrected chi connectivity index (χ0v) is 21.3. The molecule has 11 heteroatoms. The summed E-state index contributed by atoms with van der Waals surface area (Å²) < 4.78 is 49.4. The van der Waals surface area contributed by atoms with Gasteiger partial charge in [0.2, 0.25) is 10.0 Å². The molecule has 1 aliphatic rings. The third-order valence-electron chi connectivity index (χ3n) is 6.02. The van der Waals surface area contributed by atoms with E-state index in [1.807, 2.05) is 13.8 Å². The summed E-state index contributed by atoms with van der Waals surface area (Å²) in [7, 11) is -2.57. The number of ether oxygens (including phenoxy) is 1. The Morgan fingerprint density at radius 3 is 2.49 bits per heavy atom. The molecule has 0 bridgehead atoms.